The molecule has 74 heavy (non-hydrogen) atoms. The van der Waals surface area contributed by atoms with Crippen LogP contribution in [0, 0.1) is 0 Å². The van der Waals surface area contributed by atoms with E-state index in [4.69, 9.17) is 0 Å². The van der Waals surface area contributed by atoms with Gasteiger partial charge in [0.25, 0.3) is 6.71 Å². The van der Waals surface area contributed by atoms with Gasteiger partial charge in [0, 0.05) is 43.1 Å². The smallest absolute Gasteiger partial charge is 0.264 e. The first-order valence-corrected chi connectivity index (χ1v) is 27.5. The summed E-state index contributed by atoms with van der Waals surface area (Å²) in [7, 11) is 0. The molecule has 13 rings (SSSR count). The molecule has 364 valence electrons. The molecule has 0 fully saturated rings. The fourth-order valence-corrected chi connectivity index (χ4v) is 13.6. The maximum absolute atomic E-state index is 2.70. The van der Waals surface area contributed by atoms with E-state index in [1.807, 2.05) is 11.3 Å². The van der Waals surface area contributed by atoms with Crippen molar-refractivity contribution in [2.75, 3.05) is 9.80 Å². The van der Waals surface area contributed by atoms with Crippen molar-refractivity contribution < 1.29 is 0 Å². The largest absolute Gasteiger partial charge is 0.311 e. The zero-order valence-corrected chi connectivity index (χ0v) is 45.9. The summed E-state index contributed by atoms with van der Waals surface area (Å²) in [5.41, 5.74) is 20.2. The van der Waals surface area contributed by atoms with Gasteiger partial charge in [0.05, 0.1) is 17.1 Å². The highest BCUT2D eigenvalue weighted by Crippen LogP contribution is 2.53. The van der Waals surface area contributed by atoms with Gasteiger partial charge in [-0.1, -0.05) is 204 Å². The fourth-order valence-electron chi connectivity index (χ4n) is 12.3. The van der Waals surface area contributed by atoms with Gasteiger partial charge in [-0.25, -0.2) is 0 Å². The molecule has 10 aromatic carbocycles. The van der Waals surface area contributed by atoms with E-state index in [9.17, 15) is 0 Å². The number of hydrogen-bond acceptors (Lipinski definition) is 3. The molecule has 0 atom stereocenters. The van der Waals surface area contributed by atoms with Gasteiger partial charge in [0.1, 0.15) is 0 Å². The molecule has 0 radical (unpaired) electrons. The van der Waals surface area contributed by atoms with E-state index in [1.54, 1.807) is 0 Å². The van der Waals surface area contributed by atoms with Gasteiger partial charge < -0.3 is 9.80 Å². The van der Waals surface area contributed by atoms with E-state index >= 15 is 0 Å². The van der Waals surface area contributed by atoms with Crippen molar-refractivity contribution in [2.24, 2.45) is 0 Å². The molecule has 4 heteroatoms. The van der Waals surface area contributed by atoms with E-state index in [1.165, 1.54) is 137 Å². The van der Waals surface area contributed by atoms with Crippen LogP contribution in [0.3, 0.4) is 0 Å². The van der Waals surface area contributed by atoms with Crippen molar-refractivity contribution in [3.63, 3.8) is 0 Å². The maximum Gasteiger partial charge on any atom is 0.264 e. The summed E-state index contributed by atoms with van der Waals surface area (Å²) in [6, 6.07) is 68.4. The minimum Gasteiger partial charge on any atom is -0.311 e. The van der Waals surface area contributed by atoms with Crippen molar-refractivity contribution in [2.45, 2.75) is 105 Å². The maximum atomic E-state index is 2.70. The molecule has 0 amide bonds. The number of benzene rings is 10. The minimum atomic E-state index is -0.0776. The van der Waals surface area contributed by atoms with E-state index in [0.29, 0.717) is 0 Å². The highest BCUT2D eigenvalue weighted by Gasteiger charge is 2.46. The third-order valence-corrected chi connectivity index (χ3v) is 17.7. The van der Waals surface area contributed by atoms with Crippen LogP contribution in [0.5, 0.6) is 0 Å². The number of nitrogens with zero attached hydrogens (tertiary/aromatic N) is 2. The first-order chi connectivity index (χ1) is 35.2. The lowest BCUT2D eigenvalue weighted by molar-refractivity contribution is 0.590. The Kier molecular flexibility index (Phi) is 10.2. The molecule has 0 bridgehead atoms. The normalized spacial score (nSPS) is 13.9. The Hall–Kier alpha value is -7.14. The second-order valence-electron chi connectivity index (χ2n) is 25.4. The van der Waals surface area contributed by atoms with Crippen LogP contribution >= 0.6 is 11.3 Å². The fraction of sp³-hybridized carbons (Fsp3) is 0.229. The second kappa shape index (κ2) is 16.2. The number of anilines is 6. The van der Waals surface area contributed by atoms with Crippen LogP contribution in [-0.2, 0) is 21.7 Å². The van der Waals surface area contributed by atoms with Gasteiger partial charge in [0.2, 0.25) is 0 Å². The molecule has 11 aromatic rings. The molecule has 0 saturated carbocycles. The van der Waals surface area contributed by atoms with Crippen LogP contribution in [0.15, 0.2) is 176 Å². The number of fused-ring (bicyclic) bond motifs is 6. The molecule has 3 heterocycles. The van der Waals surface area contributed by atoms with Crippen molar-refractivity contribution in [1.82, 2.24) is 0 Å². The molecular weight excluding hydrogens is 912 g/mol. The van der Waals surface area contributed by atoms with Gasteiger partial charge >= 0.3 is 0 Å². The first-order valence-electron chi connectivity index (χ1n) is 26.7. The third-order valence-electron chi connectivity index (χ3n) is 16.4. The molecule has 0 N–H and O–H groups in total. The zero-order chi connectivity index (χ0) is 51.4. The average Bonchev–Trinajstić information content (AvgIpc) is 3.75. The monoisotopic (exact) mass is 976 g/mol. The van der Waals surface area contributed by atoms with Crippen LogP contribution in [0.1, 0.15) is 105 Å². The predicted molar refractivity (Wildman–Crippen MR) is 325 cm³/mol. The van der Waals surface area contributed by atoms with E-state index in [2.05, 4.69) is 269 Å². The quantitative estimate of drug-likeness (QED) is 0.128. The summed E-state index contributed by atoms with van der Waals surface area (Å²) in [6.07, 6.45) is 0. The molecule has 2 aliphatic rings. The Balaban J connectivity index is 1.16. The Labute approximate surface area is 442 Å². The molecule has 0 aliphatic carbocycles. The van der Waals surface area contributed by atoms with E-state index in [0.717, 1.165) is 0 Å². The van der Waals surface area contributed by atoms with Gasteiger partial charge in [-0.05, 0) is 153 Å². The van der Waals surface area contributed by atoms with Gasteiger partial charge in [-0.3, -0.25) is 0 Å². The zero-order valence-electron chi connectivity index (χ0n) is 45.1. The lowest BCUT2D eigenvalue weighted by atomic mass is 9.36. The SMILES string of the molecule is CC(C)(C)c1ccc2c(c1)B1c3sc4ccc(C(C)(C)C)cc4c3N(c3ccc(C(C)(C)C)cc3-c3ccc4ccc5cccc6ccc3c4c56)c3cccc(c31)N2c1ccc(C(C)(C)C)cc1-c1ccccc1. The highest BCUT2D eigenvalue weighted by molar-refractivity contribution is 7.33. The summed E-state index contributed by atoms with van der Waals surface area (Å²) in [5.74, 6) is 0. The molecule has 2 nitrogen and oxygen atoms in total. The van der Waals surface area contributed by atoms with Crippen molar-refractivity contribution in [1.29, 1.82) is 0 Å². The Morgan fingerprint density at radius 3 is 1.53 bits per heavy atom. The summed E-state index contributed by atoms with van der Waals surface area (Å²) >= 11 is 1.99. The first kappa shape index (κ1) is 46.6. The minimum absolute atomic E-state index is 0.00245. The molecule has 2 aliphatic heterocycles. The van der Waals surface area contributed by atoms with Crippen molar-refractivity contribution in [3.05, 3.63) is 198 Å². The van der Waals surface area contributed by atoms with E-state index in [-0.39, 0.29) is 28.4 Å². The summed E-state index contributed by atoms with van der Waals surface area (Å²) in [4.78, 5) is 5.32. The van der Waals surface area contributed by atoms with Crippen LogP contribution in [-0.4, -0.2) is 6.71 Å². The molecule has 0 spiro atoms. The van der Waals surface area contributed by atoms with Gasteiger partial charge in [0.15, 0.2) is 0 Å². The summed E-state index contributed by atoms with van der Waals surface area (Å²) in [6.45, 7) is 28.1. The Bertz CT molecular complexity index is 4060. The van der Waals surface area contributed by atoms with Crippen LogP contribution in [0.25, 0.3) is 64.7 Å². The standard InChI is InChI=1S/C70H65BN2S/c1-67(2,3)46-28-34-56(52(38-46)42-18-14-13-15-19-42)72-58-36-30-49(70(10,11)12)41-55(58)71-64-59(72)22-17-23-60(64)73(65-54-40-48(69(7,8)9)31-37-61(54)74-66(65)71)57-35-29-47(68(4,5)6)39-53(57)50-32-26-45-25-24-43-20-16-21-44-27-33-51(50)63(45)62(43)44/h13-41H,1-12H3. The lowest BCUT2D eigenvalue weighted by Crippen LogP contribution is -2.60. The Morgan fingerprint density at radius 2 is 0.878 bits per heavy atom. The Morgan fingerprint density at radius 1 is 0.365 bits per heavy atom. The number of hydrogen-bond donors (Lipinski definition) is 0. The van der Waals surface area contributed by atoms with E-state index < -0.39 is 0 Å². The van der Waals surface area contributed by atoms with Gasteiger partial charge in [-0.15, -0.1) is 11.3 Å². The molecule has 0 saturated heterocycles. The van der Waals surface area contributed by atoms with Crippen LogP contribution in [0.2, 0.25) is 0 Å². The summed E-state index contributed by atoms with van der Waals surface area (Å²) in [5, 5.41) is 9.13. The van der Waals surface area contributed by atoms with Crippen LogP contribution in [0.4, 0.5) is 34.1 Å². The van der Waals surface area contributed by atoms with Gasteiger partial charge in [-0.2, -0.15) is 0 Å². The van der Waals surface area contributed by atoms with Crippen molar-refractivity contribution in [3.8, 4) is 22.3 Å². The molecule has 1 aromatic heterocycles. The lowest BCUT2D eigenvalue weighted by Gasteiger charge is -2.44. The van der Waals surface area contributed by atoms with Crippen molar-refractivity contribution >= 4 is 110 Å². The van der Waals surface area contributed by atoms with Crippen LogP contribution < -0.4 is 25.5 Å². The number of rotatable bonds is 4. The number of thiophene rings is 1. The predicted octanol–water partition coefficient (Wildman–Crippen LogP) is 18.4. The molecular formula is C70H65BN2S. The highest BCUT2D eigenvalue weighted by atomic mass is 32.1. The topological polar surface area (TPSA) is 6.48 Å². The average molecular weight is 977 g/mol. The second-order valence-corrected chi connectivity index (χ2v) is 26.5. The summed E-state index contributed by atoms with van der Waals surface area (Å²) < 4.78 is 2.71. The molecule has 0 unspecified atom stereocenters. The third kappa shape index (κ3) is 7.19.